The van der Waals surface area contributed by atoms with Gasteiger partial charge in [-0.25, -0.2) is 0 Å². The number of rotatable bonds is 1. The van der Waals surface area contributed by atoms with Crippen LogP contribution < -0.4 is 0 Å². The number of hydrogen-bond donors (Lipinski definition) is 4. The molecule has 0 radical (unpaired) electrons. The van der Waals surface area contributed by atoms with Gasteiger partial charge in [0.15, 0.2) is 0 Å². The van der Waals surface area contributed by atoms with Gasteiger partial charge in [-0.3, -0.25) is 4.90 Å². The summed E-state index contributed by atoms with van der Waals surface area (Å²) in [6.45, 7) is 10.4. The monoisotopic (exact) mass is 375 g/mol. The van der Waals surface area contributed by atoms with Gasteiger partial charge in [-0.1, -0.05) is 20.4 Å². The van der Waals surface area contributed by atoms with Crippen LogP contribution in [0.4, 0.5) is 0 Å². The summed E-state index contributed by atoms with van der Waals surface area (Å²) in [7, 11) is 0. The molecule has 6 aliphatic rings. The molecule has 0 amide bonds. The van der Waals surface area contributed by atoms with Crippen molar-refractivity contribution in [2.75, 3.05) is 13.1 Å². The van der Waals surface area contributed by atoms with E-state index in [2.05, 4.69) is 25.3 Å². The lowest BCUT2D eigenvalue weighted by Gasteiger charge is -2.66. The van der Waals surface area contributed by atoms with Crippen molar-refractivity contribution < 1.29 is 20.4 Å². The Morgan fingerprint density at radius 2 is 1.81 bits per heavy atom. The molecule has 5 aliphatic carbocycles. The zero-order valence-electron chi connectivity index (χ0n) is 16.4. The van der Waals surface area contributed by atoms with E-state index in [-0.39, 0.29) is 40.0 Å². The summed E-state index contributed by atoms with van der Waals surface area (Å²) in [5, 5.41) is 44.8. The lowest BCUT2D eigenvalue weighted by molar-refractivity contribution is -0.249. The van der Waals surface area contributed by atoms with Crippen molar-refractivity contribution >= 4 is 0 Å². The normalized spacial score (nSPS) is 66.3. The summed E-state index contributed by atoms with van der Waals surface area (Å²) in [6, 6.07) is 0.250. The van der Waals surface area contributed by atoms with Gasteiger partial charge in [-0.05, 0) is 49.1 Å². The number of nitrogens with zero attached hydrogens (tertiary/aromatic N) is 1. The summed E-state index contributed by atoms with van der Waals surface area (Å²) in [6.07, 6.45) is 0.791. The van der Waals surface area contributed by atoms with Crippen molar-refractivity contribution in [2.45, 2.75) is 70.0 Å². The van der Waals surface area contributed by atoms with Crippen LogP contribution in [-0.2, 0) is 0 Å². The van der Waals surface area contributed by atoms with Crippen molar-refractivity contribution in [1.29, 1.82) is 0 Å². The first kappa shape index (κ1) is 17.4. The zero-order chi connectivity index (χ0) is 19.1. The van der Waals surface area contributed by atoms with Gasteiger partial charge < -0.3 is 20.4 Å². The topological polar surface area (TPSA) is 84.2 Å². The molecule has 12 atom stereocenters. The van der Waals surface area contributed by atoms with Crippen LogP contribution in [0.25, 0.3) is 0 Å². The van der Waals surface area contributed by atoms with Gasteiger partial charge in [0.25, 0.3) is 0 Å². The van der Waals surface area contributed by atoms with Gasteiger partial charge in [0.05, 0.1) is 24.4 Å². The fourth-order valence-corrected chi connectivity index (χ4v) is 9.95. The molecular weight excluding hydrogens is 342 g/mol. The van der Waals surface area contributed by atoms with Crippen molar-refractivity contribution in [1.82, 2.24) is 4.90 Å². The second-order valence-corrected chi connectivity index (χ2v) is 10.9. The first-order valence-electron chi connectivity index (χ1n) is 10.9. The Labute approximate surface area is 161 Å². The summed E-state index contributed by atoms with van der Waals surface area (Å²) in [5.74, 6) is 0.690. The van der Waals surface area contributed by atoms with Gasteiger partial charge in [-0.15, -0.1) is 0 Å². The maximum absolute atomic E-state index is 11.5. The van der Waals surface area contributed by atoms with Crippen LogP contribution in [0.1, 0.15) is 39.5 Å². The molecule has 7 bridgehead atoms. The molecular formula is C22H33NO4. The number of likely N-dealkylation sites (tertiary alicyclic amines) is 1. The molecule has 4 N–H and O–H groups in total. The van der Waals surface area contributed by atoms with Crippen LogP contribution in [0, 0.1) is 39.9 Å². The average Bonchev–Trinajstić information content (AvgIpc) is 3.15. The molecule has 1 heterocycles. The van der Waals surface area contributed by atoms with Gasteiger partial charge in [0.2, 0.25) is 0 Å². The Morgan fingerprint density at radius 1 is 1.07 bits per heavy atom. The minimum Gasteiger partial charge on any atom is -0.392 e. The highest BCUT2D eigenvalue weighted by Crippen LogP contribution is 2.83. The molecule has 5 nitrogen and oxygen atoms in total. The lowest BCUT2D eigenvalue weighted by Crippen LogP contribution is -2.72. The fraction of sp³-hybridized carbons (Fsp3) is 0.909. The van der Waals surface area contributed by atoms with Crippen LogP contribution in [0.3, 0.4) is 0 Å². The Balaban J connectivity index is 1.61. The maximum atomic E-state index is 11.5. The molecule has 6 fully saturated rings. The summed E-state index contributed by atoms with van der Waals surface area (Å²) in [4.78, 5) is 2.50. The Hall–Kier alpha value is -0.460. The Bertz CT molecular complexity index is 727. The van der Waals surface area contributed by atoms with Crippen LogP contribution in [-0.4, -0.2) is 68.9 Å². The molecule has 2 spiro atoms. The third-order valence-corrected chi connectivity index (χ3v) is 10.7. The van der Waals surface area contributed by atoms with Crippen LogP contribution in [0.2, 0.25) is 0 Å². The van der Waals surface area contributed by atoms with E-state index in [0.717, 1.165) is 31.5 Å². The standard InChI is InChI=1S/C22H33NO4/c1-4-23-9-20(3)14-5-12-18(23)22(14,17(26)7-16(20)25)15-6-13(24)11-8-21(12,15)19(27)10(11)2/h11-19,24-27H,2,4-9H2,1,3H3/t11-,12+,13-,14-,15-,16?,17+,18?,19-,20+,21+,22+/m1/s1. The Morgan fingerprint density at radius 3 is 2.52 bits per heavy atom. The minimum atomic E-state index is -0.570. The van der Waals surface area contributed by atoms with Gasteiger partial charge in [-0.2, -0.15) is 0 Å². The zero-order valence-corrected chi connectivity index (χ0v) is 16.4. The molecule has 5 saturated carbocycles. The summed E-state index contributed by atoms with van der Waals surface area (Å²) in [5.41, 5.74) is 0.0404. The van der Waals surface area contributed by atoms with Crippen molar-refractivity contribution in [3.05, 3.63) is 12.2 Å². The predicted molar refractivity (Wildman–Crippen MR) is 99.6 cm³/mol. The lowest BCUT2D eigenvalue weighted by atomic mass is 9.43. The minimum absolute atomic E-state index is 0.000336. The quantitative estimate of drug-likeness (QED) is 0.509. The summed E-state index contributed by atoms with van der Waals surface area (Å²) >= 11 is 0. The van der Waals surface area contributed by atoms with E-state index >= 15 is 0 Å². The van der Waals surface area contributed by atoms with E-state index in [1.165, 1.54) is 0 Å². The van der Waals surface area contributed by atoms with E-state index < -0.39 is 24.4 Å². The van der Waals surface area contributed by atoms with Gasteiger partial charge in [0, 0.05) is 41.2 Å². The average molecular weight is 376 g/mol. The molecule has 1 aliphatic heterocycles. The third-order valence-electron chi connectivity index (χ3n) is 10.7. The predicted octanol–water partition coefficient (Wildman–Crippen LogP) is 0.763. The van der Waals surface area contributed by atoms with Crippen LogP contribution >= 0.6 is 0 Å². The van der Waals surface area contributed by atoms with Gasteiger partial charge in [0.1, 0.15) is 0 Å². The van der Waals surface area contributed by atoms with Crippen molar-refractivity contribution in [3.63, 3.8) is 0 Å². The number of aliphatic hydroxyl groups is 4. The summed E-state index contributed by atoms with van der Waals surface area (Å²) < 4.78 is 0. The Kier molecular flexibility index (Phi) is 3.10. The second kappa shape index (κ2) is 4.81. The molecule has 1 saturated heterocycles. The number of piperidine rings is 1. The highest BCUT2D eigenvalue weighted by Gasteiger charge is 2.85. The SMILES string of the molecule is C=C1[C@H]2C[C@@]3([C@@H]1O)[C@@H](C[C@H]2O)[C@@]12C4[C@@H]3C[C@@H]1[C@](C)(CN4CC)C(O)C[C@@H]2O. The molecule has 6 rings (SSSR count). The molecule has 0 aromatic rings. The van der Waals surface area contributed by atoms with Crippen molar-refractivity contribution in [3.8, 4) is 0 Å². The number of aliphatic hydroxyl groups excluding tert-OH is 4. The molecule has 5 heteroatoms. The van der Waals surface area contributed by atoms with E-state index in [0.29, 0.717) is 18.8 Å². The van der Waals surface area contributed by atoms with Crippen LogP contribution in [0.5, 0.6) is 0 Å². The number of hydrogen-bond acceptors (Lipinski definition) is 5. The highest BCUT2D eigenvalue weighted by atomic mass is 16.3. The van der Waals surface area contributed by atoms with E-state index in [9.17, 15) is 20.4 Å². The van der Waals surface area contributed by atoms with Crippen LogP contribution in [0.15, 0.2) is 12.2 Å². The van der Waals surface area contributed by atoms with E-state index in [1.807, 2.05) is 0 Å². The second-order valence-electron chi connectivity index (χ2n) is 10.9. The first-order valence-corrected chi connectivity index (χ1v) is 10.9. The first-order chi connectivity index (χ1) is 12.7. The third kappa shape index (κ3) is 1.49. The molecule has 27 heavy (non-hydrogen) atoms. The van der Waals surface area contributed by atoms with E-state index in [1.54, 1.807) is 0 Å². The highest BCUT2D eigenvalue weighted by molar-refractivity contribution is 5.39. The van der Waals surface area contributed by atoms with Crippen molar-refractivity contribution in [2.24, 2.45) is 39.9 Å². The molecule has 0 aromatic heterocycles. The smallest absolute Gasteiger partial charge is 0.0813 e. The number of fused-ring (bicyclic) bond motifs is 1. The molecule has 0 aromatic carbocycles. The molecule has 2 unspecified atom stereocenters. The van der Waals surface area contributed by atoms with E-state index in [4.69, 9.17) is 0 Å². The largest absolute Gasteiger partial charge is 0.392 e. The fourth-order valence-electron chi connectivity index (χ4n) is 9.95. The maximum Gasteiger partial charge on any atom is 0.0813 e. The molecule has 150 valence electrons. The van der Waals surface area contributed by atoms with Gasteiger partial charge >= 0.3 is 0 Å².